The third kappa shape index (κ3) is 6.47. The summed E-state index contributed by atoms with van der Waals surface area (Å²) in [4.78, 5) is 6.86. The molecule has 1 N–H and O–H groups in total. The van der Waals surface area contributed by atoms with Gasteiger partial charge in [0.15, 0.2) is 0 Å². The van der Waals surface area contributed by atoms with E-state index in [1.807, 2.05) is 19.2 Å². The van der Waals surface area contributed by atoms with Gasteiger partial charge in [-0.05, 0) is 43.2 Å². The van der Waals surface area contributed by atoms with Crippen molar-refractivity contribution >= 4 is 5.69 Å². The van der Waals surface area contributed by atoms with Crippen molar-refractivity contribution in [2.24, 2.45) is 11.8 Å². The average Bonchev–Trinajstić information content (AvgIpc) is 2.46. The molecular formula is C18H32N2O. The van der Waals surface area contributed by atoms with E-state index in [0.29, 0.717) is 18.3 Å². The zero-order valence-electron chi connectivity index (χ0n) is 14.3. The van der Waals surface area contributed by atoms with Crippen LogP contribution in [-0.2, 0) is 0 Å². The number of aliphatic hydroxyl groups excluding tert-OH is 1. The molecule has 1 atom stereocenters. The largest absolute Gasteiger partial charge is 0.387 e. The van der Waals surface area contributed by atoms with Crippen LogP contribution in [0.5, 0.6) is 0 Å². The van der Waals surface area contributed by atoms with E-state index in [1.54, 1.807) is 0 Å². The van der Waals surface area contributed by atoms with Gasteiger partial charge in [0.25, 0.3) is 0 Å². The van der Waals surface area contributed by atoms with Crippen LogP contribution < -0.4 is 4.90 Å². The molecule has 21 heavy (non-hydrogen) atoms. The number of anilines is 1. The molecule has 3 nitrogen and oxygen atoms in total. The van der Waals surface area contributed by atoms with Crippen LogP contribution in [0.3, 0.4) is 0 Å². The molecular weight excluding hydrogens is 260 g/mol. The van der Waals surface area contributed by atoms with Gasteiger partial charge in [-0.1, -0.05) is 34.6 Å². The highest BCUT2D eigenvalue weighted by atomic mass is 16.3. The summed E-state index contributed by atoms with van der Waals surface area (Å²) < 4.78 is 0. The van der Waals surface area contributed by atoms with Gasteiger partial charge < -0.3 is 10.0 Å². The molecule has 0 radical (unpaired) electrons. The van der Waals surface area contributed by atoms with E-state index in [-0.39, 0.29) is 0 Å². The van der Waals surface area contributed by atoms with Crippen molar-refractivity contribution in [3.8, 4) is 0 Å². The molecule has 1 rings (SSSR count). The lowest BCUT2D eigenvalue weighted by Crippen LogP contribution is -2.27. The lowest BCUT2D eigenvalue weighted by Gasteiger charge is -2.26. The third-order valence-corrected chi connectivity index (χ3v) is 3.82. The van der Waals surface area contributed by atoms with Crippen molar-refractivity contribution in [3.05, 3.63) is 24.0 Å². The number of pyridine rings is 1. The number of hydrogen-bond donors (Lipinski definition) is 1. The highest BCUT2D eigenvalue weighted by Gasteiger charge is 2.11. The fourth-order valence-electron chi connectivity index (χ4n) is 2.19. The Hall–Kier alpha value is -1.09. The average molecular weight is 292 g/mol. The van der Waals surface area contributed by atoms with Crippen molar-refractivity contribution in [2.45, 2.75) is 60.0 Å². The lowest BCUT2D eigenvalue weighted by molar-refractivity contribution is 0.169. The molecule has 3 heteroatoms. The van der Waals surface area contributed by atoms with Crippen LogP contribution in [0, 0.1) is 11.8 Å². The summed E-state index contributed by atoms with van der Waals surface area (Å²) in [6, 6.07) is 4.06. The van der Waals surface area contributed by atoms with Crippen LogP contribution in [0.4, 0.5) is 5.69 Å². The Morgan fingerprint density at radius 3 is 2.00 bits per heavy atom. The molecule has 0 fully saturated rings. The number of aliphatic hydroxyl groups is 1. The van der Waals surface area contributed by atoms with Gasteiger partial charge in [-0.25, -0.2) is 0 Å². The minimum absolute atomic E-state index is 0.446. The molecule has 0 aromatic carbocycles. The van der Waals surface area contributed by atoms with Crippen LogP contribution in [-0.4, -0.2) is 23.2 Å². The number of hydrogen-bond acceptors (Lipinski definition) is 3. The Morgan fingerprint density at radius 2 is 1.62 bits per heavy atom. The molecule has 0 spiro atoms. The fourth-order valence-corrected chi connectivity index (χ4v) is 2.19. The van der Waals surface area contributed by atoms with Crippen molar-refractivity contribution in [3.63, 3.8) is 0 Å². The van der Waals surface area contributed by atoms with Crippen molar-refractivity contribution < 1.29 is 5.11 Å². The predicted molar refractivity (Wildman–Crippen MR) is 90.6 cm³/mol. The standard InChI is InChI=1S/C18H32N2O/c1-6-18(21)17-8-7-16(13-19-17)20(11-9-14(2)3)12-10-15(4)5/h7-8,13-15,18,21H,6,9-12H2,1-5H3. The van der Waals surface area contributed by atoms with Crippen LogP contribution >= 0.6 is 0 Å². The second-order valence-corrected chi connectivity index (χ2v) is 6.72. The molecule has 1 aromatic rings. The molecule has 120 valence electrons. The molecule has 0 saturated carbocycles. The molecule has 1 heterocycles. The second kappa shape index (κ2) is 9.04. The Kier molecular flexibility index (Phi) is 7.73. The Balaban J connectivity index is 2.75. The normalized spacial score (nSPS) is 13.0. The second-order valence-electron chi connectivity index (χ2n) is 6.72. The first-order valence-corrected chi connectivity index (χ1v) is 8.33. The van der Waals surface area contributed by atoms with Gasteiger partial charge in [0.05, 0.1) is 23.7 Å². The topological polar surface area (TPSA) is 36.4 Å². The predicted octanol–water partition coefficient (Wildman–Crippen LogP) is 4.42. The summed E-state index contributed by atoms with van der Waals surface area (Å²) in [5.41, 5.74) is 1.94. The minimum Gasteiger partial charge on any atom is -0.387 e. The van der Waals surface area contributed by atoms with Gasteiger partial charge in [0.1, 0.15) is 0 Å². The molecule has 0 amide bonds. The van der Waals surface area contributed by atoms with Crippen molar-refractivity contribution in [1.29, 1.82) is 0 Å². The Morgan fingerprint density at radius 1 is 1.05 bits per heavy atom. The van der Waals surface area contributed by atoms with Gasteiger partial charge in [-0.15, -0.1) is 0 Å². The molecule has 1 aromatic heterocycles. The zero-order valence-corrected chi connectivity index (χ0v) is 14.3. The molecule has 0 saturated heterocycles. The van der Waals surface area contributed by atoms with E-state index in [4.69, 9.17) is 0 Å². The van der Waals surface area contributed by atoms with Crippen molar-refractivity contribution in [2.75, 3.05) is 18.0 Å². The molecule has 0 bridgehead atoms. The first-order valence-electron chi connectivity index (χ1n) is 8.33. The third-order valence-electron chi connectivity index (χ3n) is 3.82. The summed E-state index contributed by atoms with van der Waals surface area (Å²) in [5.74, 6) is 1.42. The van der Waals surface area contributed by atoms with Crippen LogP contribution in [0.1, 0.15) is 65.7 Å². The lowest BCUT2D eigenvalue weighted by atomic mass is 10.1. The maximum atomic E-state index is 9.83. The first kappa shape index (κ1) is 18.0. The Labute approximate surface area is 130 Å². The summed E-state index contributed by atoms with van der Waals surface area (Å²) >= 11 is 0. The van der Waals surface area contributed by atoms with E-state index in [9.17, 15) is 5.11 Å². The number of nitrogens with zero attached hydrogens (tertiary/aromatic N) is 2. The van der Waals surface area contributed by atoms with Crippen molar-refractivity contribution in [1.82, 2.24) is 4.98 Å². The van der Waals surface area contributed by atoms with Gasteiger partial charge in [0.2, 0.25) is 0 Å². The van der Waals surface area contributed by atoms with Crippen LogP contribution in [0.15, 0.2) is 18.3 Å². The first-order chi connectivity index (χ1) is 9.93. The maximum absolute atomic E-state index is 9.83. The SMILES string of the molecule is CCC(O)c1ccc(N(CCC(C)C)CCC(C)C)cn1. The Bertz CT molecular complexity index is 375. The monoisotopic (exact) mass is 292 g/mol. The van der Waals surface area contributed by atoms with E-state index < -0.39 is 6.10 Å². The molecule has 0 aliphatic carbocycles. The van der Waals surface area contributed by atoms with E-state index in [0.717, 1.165) is 18.8 Å². The summed E-state index contributed by atoms with van der Waals surface area (Å²) in [6.07, 6.45) is 4.55. The van der Waals surface area contributed by atoms with E-state index in [1.165, 1.54) is 18.5 Å². The molecule has 1 unspecified atom stereocenters. The van der Waals surface area contributed by atoms with Gasteiger partial charge in [-0.2, -0.15) is 0 Å². The number of aromatic nitrogens is 1. The molecule has 0 aliphatic rings. The quantitative estimate of drug-likeness (QED) is 0.731. The minimum atomic E-state index is -0.446. The highest BCUT2D eigenvalue weighted by molar-refractivity contribution is 5.44. The van der Waals surface area contributed by atoms with Gasteiger partial charge in [-0.3, -0.25) is 4.98 Å². The van der Waals surface area contributed by atoms with E-state index >= 15 is 0 Å². The maximum Gasteiger partial charge on any atom is 0.0957 e. The molecule has 0 aliphatic heterocycles. The van der Waals surface area contributed by atoms with Gasteiger partial charge in [0, 0.05) is 13.1 Å². The fraction of sp³-hybridized carbons (Fsp3) is 0.722. The van der Waals surface area contributed by atoms with E-state index in [2.05, 4.69) is 43.6 Å². The highest BCUT2D eigenvalue weighted by Crippen LogP contribution is 2.20. The van der Waals surface area contributed by atoms with Crippen LogP contribution in [0.25, 0.3) is 0 Å². The van der Waals surface area contributed by atoms with Crippen LogP contribution in [0.2, 0.25) is 0 Å². The smallest absolute Gasteiger partial charge is 0.0957 e. The number of rotatable bonds is 9. The summed E-state index contributed by atoms with van der Waals surface area (Å²) in [6.45, 7) is 13.2. The summed E-state index contributed by atoms with van der Waals surface area (Å²) in [7, 11) is 0. The zero-order chi connectivity index (χ0) is 15.8. The van der Waals surface area contributed by atoms with Gasteiger partial charge >= 0.3 is 0 Å². The summed E-state index contributed by atoms with van der Waals surface area (Å²) in [5, 5.41) is 9.83.